The van der Waals surface area contributed by atoms with Gasteiger partial charge in [-0.15, -0.1) is 0 Å². The van der Waals surface area contributed by atoms with Gasteiger partial charge in [-0.2, -0.15) is 12.6 Å². The van der Waals surface area contributed by atoms with Crippen molar-refractivity contribution >= 4 is 40.8 Å². The maximum Gasteiger partial charge on any atom is 0.227 e. The van der Waals surface area contributed by atoms with Gasteiger partial charge in [-0.05, 0) is 48.2 Å². The summed E-state index contributed by atoms with van der Waals surface area (Å²) in [4.78, 5) is 9.02. The van der Waals surface area contributed by atoms with Gasteiger partial charge >= 0.3 is 0 Å². The van der Waals surface area contributed by atoms with E-state index in [1.54, 1.807) is 5.41 Å². The molecule has 0 spiro atoms. The van der Waals surface area contributed by atoms with E-state index in [-0.39, 0.29) is 0 Å². The van der Waals surface area contributed by atoms with Crippen LogP contribution in [0.15, 0.2) is 58.5 Å². The zero-order chi connectivity index (χ0) is 15.8. The van der Waals surface area contributed by atoms with Gasteiger partial charge in [-0.1, -0.05) is 18.2 Å². The lowest BCUT2D eigenvalue weighted by Gasteiger charge is -2.02. The van der Waals surface area contributed by atoms with Crippen LogP contribution in [-0.4, -0.2) is 9.97 Å². The maximum atomic E-state index is 6.02. The zero-order valence-corrected chi connectivity index (χ0v) is 13.4. The normalized spacial score (nSPS) is 11.7. The number of hydrogen-bond donors (Lipinski definition) is 1. The van der Waals surface area contributed by atoms with E-state index in [1.165, 1.54) is 0 Å². The Bertz CT molecular complexity index is 1030. The second-order valence-electron chi connectivity index (χ2n) is 5.38. The Hall–Kier alpha value is -2.59. The SMILES string of the molecule is Cc1ccc2c(n1)oc1c(-c3ccc(/C=C\S)cn3)cccc12. The molecular formula is C19H14N2OS. The van der Waals surface area contributed by atoms with Crippen LogP contribution in [0.2, 0.25) is 0 Å². The van der Waals surface area contributed by atoms with Crippen LogP contribution in [0.1, 0.15) is 11.3 Å². The topological polar surface area (TPSA) is 38.9 Å². The number of pyridine rings is 2. The number of aryl methyl sites for hydroxylation is 1. The third-order valence-corrected chi connectivity index (χ3v) is 3.98. The summed E-state index contributed by atoms with van der Waals surface area (Å²) < 4.78 is 6.02. The smallest absolute Gasteiger partial charge is 0.227 e. The first-order valence-corrected chi connectivity index (χ1v) is 7.84. The van der Waals surface area contributed by atoms with Gasteiger partial charge in [0.25, 0.3) is 0 Å². The molecule has 112 valence electrons. The largest absolute Gasteiger partial charge is 0.437 e. The van der Waals surface area contributed by atoms with Gasteiger partial charge in [-0.25, -0.2) is 4.98 Å². The summed E-state index contributed by atoms with van der Waals surface area (Å²) in [6, 6.07) is 14.2. The van der Waals surface area contributed by atoms with Crippen LogP contribution in [-0.2, 0) is 0 Å². The summed E-state index contributed by atoms with van der Waals surface area (Å²) in [5.41, 5.74) is 5.30. The quantitative estimate of drug-likeness (QED) is 0.513. The van der Waals surface area contributed by atoms with Gasteiger partial charge in [0, 0.05) is 28.2 Å². The number of para-hydroxylation sites is 1. The van der Waals surface area contributed by atoms with Crippen LogP contribution in [0.25, 0.3) is 39.4 Å². The Balaban J connectivity index is 1.94. The summed E-state index contributed by atoms with van der Waals surface area (Å²) in [5.74, 6) is 0. The average molecular weight is 318 g/mol. The number of nitrogens with zero attached hydrogens (tertiary/aromatic N) is 2. The van der Waals surface area contributed by atoms with E-state index in [0.717, 1.165) is 38.9 Å². The molecule has 0 unspecified atom stereocenters. The van der Waals surface area contributed by atoms with Crippen molar-refractivity contribution in [3.8, 4) is 11.3 Å². The molecule has 0 aliphatic carbocycles. The second kappa shape index (κ2) is 5.56. The van der Waals surface area contributed by atoms with Gasteiger partial charge < -0.3 is 4.42 Å². The summed E-state index contributed by atoms with van der Waals surface area (Å²) in [5, 5.41) is 3.79. The van der Waals surface area contributed by atoms with Crippen molar-refractivity contribution in [1.82, 2.24) is 9.97 Å². The predicted molar refractivity (Wildman–Crippen MR) is 97.5 cm³/mol. The molecular weight excluding hydrogens is 304 g/mol. The van der Waals surface area contributed by atoms with Gasteiger partial charge in [0.2, 0.25) is 5.71 Å². The lowest BCUT2D eigenvalue weighted by molar-refractivity contribution is 0.653. The third kappa shape index (κ3) is 2.41. The minimum Gasteiger partial charge on any atom is -0.437 e. The molecule has 0 atom stereocenters. The molecule has 0 radical (unpaired) electrons. The zero-order valence-electron chi connectivity index (χ0n) is 12.5. The molecule has 4 heteroatoms. The summed E-state index contributed by atoms with van der Waals surface area (Å²) in [6.07, 6.45) is 3.72. The first-order valence-electron chi connectivity index (χ1n) is 7.32. The molecule has 0 aliphatic heterocycles. The number of aromatic nitrogens is 2. The molecule has 0 saturated carbocycles. The van der Waals surface area contributed by atoms with Crippen LogP contribution in [0.5, 0.6) is 0 Å². The summed E-state index contributed by atoms with van der Waals surface area (Å²) in [6.45, 7) is 1.96. The van der Waals surface area contributed by atoms with Gasteiger partial charge in [0.15, 0.2) is 0 Å². The van der Waals surface area contributed by atoms with Gasteiger partial charge in [-0.3, -0.25) is 4.98 Å². The van der Waals surface area contributed by atoms with E-state index in [1.807, 2.05) is 49.5 Å². The second-order valence-corrected chi connectivity index (χ2v) is 5.68. The third-order valence-electron chi connectivity index (χ3n) is 3.83. The lowest BCUT2D eigenvalue weighted by Crippen LogP contribution is -1.84. The number of hydrogen-bond acceptors (Lipinski definition) is 4. The van der Waals surface area contributed by atoms with Crippen LogP contribution in [0.4, 0.5) is 0 Å². The molecule has 4 aromatic rings. The van der Waals surface area contributed by atoms with Crippen molar-refractivity contribution in [3.63, 3.8) is 0 Å². The summed E-state index contributed by atoms with van der Waals surface area (Å²) in [7, 11) is 0. The standard InChI is InChI=1S/C19H14N2OS/c1-12-5-7-15-14-3-2-4-16(18(14)22-19(15)21-12)17-8-6-13(9-10-23)11-20-17/h2-11,23H,1H3/b10-9-. The fourth-order valence-corrected chi connectivity index (χ4v) is 2.89. The van der Waals surface area contributed by atoms with E-state index in [2.05, 4.69) is 34.7 Å². The van der Waals surface area contributed by atoms with Crippen LogP contribution in [0, 0.1) is 6.92 Å². The molecule has 0 saturated heterocycles. The molecule has 1 aromatic carbocycles. The molecule has 23 heavy (non-hydrogen) atoms. The number of rotatable bonds is 2. The van der Waals surface area contributed by atoms with Crippen molar-refractivity contribution in [2.45, 2.75) is 6.92 Å². The molecule has 0 fully saturated rings. The Labute approximate surface area is 139 Å². The molecule has 0 aliphatic rings. The number of thiol groups is 1. The van der Waals surface area contributed by atoms with Gasteiger partial charge in [0.05, 0.1) is 5.69 Å². The number of benzene rings is 1. The van der Waals surface area contributed by atoms with Crippen molar-refractivity contribution in [2.24, 2.45) is 0 Å². The molecule has 3 heterocycles. The fraction of sp³-hybridized carbons (Fsp3) is 0.0526. The minimum absolute atomic E-state index is 0.669. The Kier molecular flexibility index (Phi) is 3.39. The highest BCUT2D eigenvalue weighted by molar-refractivity contribution is 7.83. The average Bonchev–Trinajstić information content (AvgIpc) is 2.93. The van der Waals surface area contributed by atoms with E-state index >= 15 is 0 Å². The molecule has 4 rings (SSSR count). The summed E-state index contributed by atoms with van der Waals surface area (Å²) >= 11 is 4.08. The number of furan rings is 1. The highest BCUT2D eigenvalue weighted by atomic mass is 32.1. The van der Waals surface area contributed by atoms with Crippen molar-refractivity contribution in [2.75, 3.05) is 0 Å². The fourth-order valence-electron chi connectivity index (χ4n) is 2.72. The molecule has 0 amide bonds. The number of fused-ring (bicyclic) bond motifs is 3. The predicted octanol–water partition coefficient (Wildman–Crippen LogP) is 5.25. The van der Waals surface area contributed by atoms with Gasteiger partial charge in [0.1, 0.15) is 5.58 Å². The molecule has 3 nitrogen and oxygen atoms in total. The van der Waals surface area contributed by atoms with E-state index in [0.29, 0.717) is 5.71 Å². The van der Waals surface area contributed by atoms with Crippen LogP contribution in [0.3, 0.4) is 0 Å². The highest BCUT2D eigenvalue weighted by Crippen LogP contribution is 2.34. The minimum atomic E-state index is 0.669. The monoisotopic (exact) mass is 318 g/mol. The molecule has 0 N–H and O–H groups in total. The van der Waals surface area contributed by atoms with Crippen molar-refractivity contribution in [3.05, 3.63) is 65.3 Å². The van der Waals surface area contributed by atoms with E-state index in [9.17, 15) is 0 Å². The van der Waals surface area contributed by atoms with E-state index < -0.39 is 0 Å². The van der Waals surface area contributed by atoms with Crippen LogP contribution < -0.4 is 0 Å². The maximum absolute atomic E-state index is 6.02. The Morgan fingerprint density at radius 2 is 1.96 bits per heavy atom. The highest BCUT2D eigenvalue weighted by Gasteiger charge is 2.13. The molecule has 0 bridgehead atoms. The molecule has 3 aromatic heterocycles. The van der Waals surface area contributed by atoms with Crippen LogP contribution >= 0.6 is 12.6 Å². The Morgan fingerprint density at radius 1 is 1.04 bits per heavy atom. The first-order chi connectivity index (χ1) is 11.3. The first kappa shape index (κ1) is 14.0. The van der Waals surface area contributed by atoms with E-state index in [4.69, 9.17) is 4.42 Å². The van der Waals surface area contributed by atoms with Crippen molar-refractivity contribution in [1.29, 1.82) is 0 Å². The Morgan fingerprint density at radius 3 is 2.74 bits per heavy atom. The van der Waals surface area contributed by atoms with Crippen molar-refractivity contribution < 1.29 is 4.42 Å². The lowest BCUT2D eigenvalue weighted by atomic mass is 10.1.